The van der Waals surface area contributed by atoms with Crippen molar-refractivity contribution in [3.8, 4) is 17.2 Å². The van der Waals surface area contributed by atoms with Gasteiger partial charge in [-0.05, 0) is 81.7 Å². The van der Waals surface area contributed by atoms with Crippen LogP contribution in [-0.4, -0.2) is 49.6 Å². The summed E-state index contributed by atoms with van der Waals surface area (Å²) in [5, 5.41) is 12.4. The smallest absolute Gasteiger partial charge is 0.339 e. The minimum atomic E-state index is -4.35. The lowest BCUT2D eigenvalue weighted by Gasteiger charge is -2.14. The first-order chi connectivity index (χ1) is 20.6. The predicted octanol–water partition coefficient (Wildman–Crippen LogP) is 6.24. The van der Waals surface area contributed by atoms with Crippen molar-refractivity contribution in [1.82, 2.24) is 4.90 Å². The summed E-state index contributed by atoms with van der Waals surface area (Å²) in [6.45, 7) is 0.166. The van der Waals surface area contributed by atoms with Gasteiger partial charge < -0.3 is 13.7 Å². The molecule has 1 fully saturated rings. The molecule has 0 N–H and O–H groups in total. The zero-order valence-electron chi connectivity index (χ0n) is 22.3. The number of non-ortho nitro benzene ring substituents is 1. The fourth-order valence-corrected chi connectivity index (χ4v) is 6.92. The summed E-state index contributed by atoms with van der Waals surface area (Å²) in [6, 6.07) is 20.7. The molecule has 4 aromatic rings. The molecule has 0 unspecified atom stereocenters. The lowest BCUT2D eigenvalue weighted by Crippen LogP contribution is -2.32. The highest BCUT2D eigenvalue weighted by molar-refractivity contribution is 14.1. The summed E-state index contributed by atoms with van der Waals surface area (Å²) < 4.78 is 42.6. The number of amides is 2. The summed E-state index contributed by atoms with van der Waals surface area (Å²) in [6.07, 6.45) is 1.51. The lowest BCUT2D eigenvalue weighted by atomic mass is 10.1. The van der Waals surface area contributed by atoms with E-state index in [1.807, 2.05) is 65.1 Å². The Balaban J connectivity index is 1.30. The highest BCUT2D eigenvalue weighted by Crippen LogP contribution is 2.38. The van der Waals surface area contributed by atoms with E-state index >= 15 is 0 Å². The molecule has 2 amide bonds. The van der Waals surface area contributed by atoms with E-state index in [9.17, 15) is 28.1 Å². The van der Waals surface area contributed by atoms with Crippen LogP contribution in [0.3, 0.4) is 0 Å². The predicted molar refractivity (Wildman–Crippen MR) is 169 cm³/mol. The fraction of sp³-hybridized carbons (Fsp3) is 0.103. The van der Waals surface area contributed by atoms with Gasteiger partial charge >= 0.3 is 10.1 Å². The van der Waals surface area contributed by atoms with Crippen LogP contribution in [-0.2, 0) is 14.9 Å². The number of nitro benzene ring substituents is 1. The van der Waals surface area contributed by atoms with Crippen molar-refractivity contribution < 1.29 is 36.6 Å². The Morgan fingerprint density at radius 2 is 1.72 bits per heavy atom. The quantitative estimate of drug-likeness (QED) is 0.0605. The molecule has 0 aliphatic carbocycles. The molecule has 0 atom stereocenters. The Bertz CT molecular complexity index is 1890. The van der Waals surface area contributed by atoms with Crippen molar-refractivity contribution in [3.63, 3.8) is 0 Å². The molecule has 220 valence electrons. The van der Waals surface area contributed by atoms with Crippen LogP contribution >= 0.6 is 34.4 Å². The van der Waals surface area contributed by atoms with E-state index in [4.69, 9.17) is 13.7 Å². The monoisotopic (exact) mass is 732 g/mol. The second kappa shape index (κ2) is 12.6. The van der Waals surface area contributed by atoms with Crippen LogP contribution in [0, 0.1) is 13.7 Å². The van der Waals surface area contributed by atoms with Crippen molar-refractivity contribution in [1.29, 1.82) is 0 Å². The molecule has 0 aromatic heterocycles. The number of benzene rings is 4. The van der Waals surface area contributed by atoms with E-state index in [-0.39, 0.29) is 40.1 Å². The number of ether oxygens (including phenoxy) is 2. The molecule has 0 radical (unpaired) electrons. The van der Waals surface area contributed by atoms with E-state index in [1.165, 1.54) is 19.3 Å². The zero-order valence-corrected chi connectivity index (χ0v) is 26.1. The molecule has 0 spiro atoms. The SMILES string of the molecule is COc1cc(/C=C2\SC(=O)N(CCOc3cccc4ccccc34)C2=O)cc(I)c1OS(=O)(=O)c1ccc([N+](=O)[O-])cc1. The molecule has 0 bridgehead atoms. The van der Waals surface area contributed by atoms with Gasteiger partial charge in [0.25, 0.3) is 16.8 Å². The van der Waals surface area contributed by atoms with Gasteiger partial charge in [-0.25, -0.2) is 0 Å². The third-order valence-corrected chi connectivity index (χ3v) is 9.22. The van der Waals surface area contributed by atoms with E-state index in [0.717, 1.165) is 51.7 Å². The highest BCUT2D eigenvalue weighted by Gasteiger charge is 2.35. The summed E-state index contributed by atoms with van der Waals surface area (Å²) in [7, 11) is -3.03. The number of nitro groups is 1. The maximum Gasteiger partial charge on any atom is 0.339 e. The number of carbonyl (C=O) groups excluding carboxylic acids is 2. The number of fused-ring (bicyclic) bond motifs is 1. The minimum Gasteiger partial charge on any atom is -0.493 e. The van der Waals surface area contributed by atoms with Crippen molar-refractivity contribution in [2.45, 2.75) is 4.90 Å². The first-order valence-electron chi connectivity index (χ1n) is 12.5. The Kier molecular flexibility index (Phi) is 8.89. The molecule has 1 aliphatic heterocycles. The maximum absolute atomic E-state index is 13.1. The summed E-state index contributed by atoms with van der Waals surface area (Å²) >= 11 is 2.65. The van der Waals surface area contributed by atoms with E-state index in [0.29, 0.717) is 14.9 Å². The van der Waals surface area contributed by atoms with Gasteiger partial charge in [0.2, 0.25) is 0 Å². The number of rotatable bonds is 10. The Labute approximate surface area is 263 Å². The zero-order chi connectivity index (χ0) is 30.7. The van der Waals surface area contributed by atoms with Crippen molar-refractivity contribution >= 4 is 78.2 Å². The highest BCUT2D eigenvalue weighted by atomic mass is 127. The second-order valence-corrected chi connectivity index (χ2v) is 12.7. The van der Waals surface area contributed by atoms with E-state index < -0.39 is 26.2 Å². The van der Waals surface area contributed by atoms with Crippen LogP contribution < -0.4 is 13.7 Å². The number of carbonyl (C=O) groups is 2. The molecule has 43 heavy (non-hydrogen) atoms. The normalized spacial score (nSPS) is 14.4. The van der Waals surface area contributed by atoms with Crippen LogP contribution in [0.5, 0.6) is 17.2 Å². The summed E-state index contributed by atoms with van der Waals surface area (Å²) in [4.78, 5) is 37.0. The molecule has 11 nitrogen and oxygen atoms in total. The number of thioether (sulfide) groups is 1. The molecular formula is C29H21IN2O9S2. The molecule has 1 aliphatic rings. The Morgan fingerprint density at radius 3 is 2.44 bits per heavy atom. The van der Waals surface area contributed by atoms with Crippen molar-refractivity contribution in [2.75, 3.05) is 20.3 Å². The molecule has 14 heteroatoms. The van der Waals surface area contributed by atoms with Crippen LogP contribution in [0.1, 0.15) is 5.56 Å². The fourth-order valence-electron chi connectivity index (χ4n) is 4.21. The number of methoxy groups -OCH3 is 1. The standard InChI is InChI=1S/C29H21IN2O9S2/c1-39-25-16-18(15-23(30)27(25)41-43(37,38)21-11-9-20(10-12-21)32(35)36)17-26-28(33)31(29(34)42-26)13-14-40-24-8-4-6-19-5-2-3-7-22(19)24/h2-12,15-17H,13-14H2,1H3/b26-17-. The second-order valence-electron chi connectivity index (χ2n) is 8.98. The van der Waals surface area contributed by atoms with Crippen LogP contribution in [0.15, 0.2) is 88.7 Å². The minimum absolute atomic E-state index is 0.0549. The molecule has 4 aromatic carbocycles. The average Bonchev–Trinajstić information content (AvgIpc) is 3.25. The number of imide groups is 1. The summed E-state index contributed by atoms with van der Waals surface area (Å²) in [5.41, 5.74) is 0.205. The van der Waals surface area contributed by atoms with E-state index in [2.05, 4.69) is 0 Å². The van der Waals surface area contributed by atoms with Crippen molar-refractivity contribution in [2.24, 2.45) is 0 Å². The largest absolute Gasteiger partial charge is 0.493 e. The first-order valence-corrected chi connectivity index (χ1v) is 15.8. The van der Waals surface area contributed by atoms with Gasteiger partial charge in [0.05, 0.1) is 27.1 Å². The van der Waals surface area contributed by atoms with E-state index in [1.54, 1.807) is 6.07 Å². The van der Waals surface area contributed by atoms with Crippen molar-refractivity contribution in [3.05, 3.63) is 103 Å². The molecule has 1 saturated heterocycles. The van der Waals surface area contributed by atoms with Gasteiger partial charge in [0.15, 0.2) is 11.5 Å². The van der Waals surface area contributed by atoms with Crippen LogP contribution in [0.4, 0.5) is 10.5 Å². The third kappa shape index (κ3) is 6.60. The van der Waals surface area contributed by atoms with Gasteiger partial charge in [-0.15, -0.1) is 0 Å². The van der Waals surface area contributed by atoms with Crippen LogP contribution in [0.2, 0.25) is 0 Å². The maximum atomic E-state index is 13.1. The van der Waals surface area contributed by atoms with Gasteiger partial charge in [-0.2, -0.15) is 8.42 Å². The number of hydrogen-bond acceptors (Lipinski definition) is 10. The number of nitrogens with zero attached hydrogens (tertiary/aromatic N) is 2. The van der Waals surface area contributed by atoms with Gasteiger partial charge in [-0.3, -0.25) is 24.6 Å². The van der Waals surface area contributed by atoms with Gasteiger partial charge in [-0.1, -0.05) is 36.4 Å². The average molecular weight is 733 g/mol. The Hall–Kier alpha value is -4.15. The van der Waals surface area contributed by atoms with Gasteiger partial charge in [0, 0.05) is 17.5 Å². The number of halogens is 1. The Morgan fingerprint density at radius 1 is 1.00 bits per heavy atom. The third-order valence-electron chi connectivity index (χ3n) is 6.27. The molecular weight excluding hydrogens is 711 g/mol. The first kappa shape index (κ1) is 30.3. The van der Waals surface area contributed by atoms with Gasteiger partial charge in [0.1, 0.15) is 17.3 Å². The molecule has 0 saturated carbocycles. The molecule has 5 rings (SSSR count). The summed E-state index contributed by atoms with van der Waals surface area (Å²) in [5.74, 6) is 0.135. The topological polar surface area (TPSA) is 142 Å². The molecule has 1 heterocycles. The van der Waals surface area contributed by atoms with Crippen LogP contribution in [0.25, 0.3) is 16.8 Å². The number of hydrogen-bond donors (Lipinski definition) is 0. The lowest BCUT2D eigenvalue weighted by molar-refractivity contribution is -0.384.